The van der Waals surface area contributed by atoms with E-state index in [4.69, 9.17) is 4.74 Å². The first-order valence-corrected chi connectivity index (χ1v) is 9.13. The minimum absolute atomic E-state index is 0.103. The maximum Gasteiger partial charge on any atom is 0.254 e. The summed E-state index contributed by atoms with van der Waals surface area (Å²) in [6, 6.07) is 8.26. The van der Waals surface area contributed by atoms with Gasteiger partial charge in [-0.3, -0.25) is 9.78 Å². The zero-order chi connectivity index (χ0) is 18.2. The van der Waals surface area contributed by atoms with Crippen LogP contribution in [0.5, 0.6) is 0 Å². The standard InChI is InChI=1S/C21H28N2O2/c1-6-23(16-9-10-25-21(4,5)13-16)20(24)18-12-15(3)22-19-8-7-14(2)11-17(18)19/h7-8,11-12,16H,6,9-10,13H2,1-5H3. The van der Waals surface area contributed by atoms with Crippen LogP contribution in [-0.4, -0.2) is 40.6 Å². The maximum atomic E-state index is 13.4. The second-order valence-corrected chi connectivity index (χ2v) is 7.68. The van der Waals surface area contributed by atoms with Crippen molar-refractivity contribution in [3.05, 3.63) is 41.1 Å². The predicted octanol–water partition coefficient (Wildman–Crippen LogP) is 4.27. The summed E-state index contributed by atoms with van der Waals surface area (Å²) < 4.78 is 5.83. The molecule has 4 nitrogen and oxygen atoms in total. The van der Waals surface area contributed by atoms with E-state index >= 15 is 0 Å². The Hall–Kier alpha value is -1.94. The third-order valence-corrected chi connectivity index (χ3v) is 5.04. The normalized spacial score (nSPS) is 19.8. The number of aryl methyl sites for hydroxylation is 2. The lowest BCUT2D eigenvalue weighted by Gasteiger charge is -2.41. The maximum absolute atomic E-state index is 13.4. The van der Waals surface area contributed by atoms with Gasteiger partial charge in [0.15, 0.2) is 0 Å². The van der Waals surface area contributed by atoms with E-state index in [1.54, 1.807) is 0 Å². The highest BCUT2D eigenvalue weighted by Gasteiger charge is 2.34. The molecule has 1 aromatic heterocycles. The molecule has 0 radical (unpaired) electrons. The number of carbonyl (C=O) groups excluding carboxylic acids is 1. The number of aromatic nitrogens is 1. The molecule has 1 aliphatic rings. The van der Waals surface area contributed by atoms with Crippen molar-refractivity contribution in [2.75, 3.05) is 13.2 Å². The molecule has 1 aliphatic heterocycles. The van der Waals surface area contributed by atoms with Gasteiger partial charge in [-0.15, -0.1) is 0 Å². The molecule has 1 unspecified atom stereocenters. The Kier molecular flexibility index (Phi) is 4.83. The Morgan fingerprint density at radius 3 is 2.76 bits per heavy atom. The Bertz CT molecular complexity index is 798. The van der Waals surface area contributed by atoms with E-state index in [2.05, 4.69) is 31.8 Å². The van der Waals surface area contributed by atoms with E-state index in [0.29, 0.717) is 13.2 Å². The zero-order valence-electron chi connectivity index (χ0n) is 15.9. The summed E-state index contributed by atoms with van der Waals surface area (Å²) in [4.78, 5) is 20.0. The van der Waals surface area contributed by atoms with Crippen molar-refractivity contribution in [3.8, 4) is 0 Å². The van der Waals surface area contributed by atoms with Crippen LogP contribution in [0.3, 0.4) is 0 Å². The van der Waals surface area contributed by atoms with Crippen LogP contribution in [-0.2, 0) is 4.74 Å². The van der Waals surface area contributed by atoms with Gasteiger partial charge < -0.3 is 9.64 Å². The molecular formula is C21H28N2O2. The molecule has 1 atom stereocenters. The second kappa shape index (κ2) is 6.75. The average Bonchev–Trinajstić information content (AvgIpc) is 2.54. The smallest absolute Gasteiger partial charge is 0.254 e. The lowest BCUT2D eigenvalue weighted by molar-refractivity contribution is -0.0777. The molecule has 0 N–H and O–H groups in total. The Balaban J connectivity index is 2.01. The average molecular weight is 340 g/mol. The number of rotatable bonds is 3. The van der Waals surface area contributed by atoms with E-state index < -0.39 is 0 Å². The van der Waals surface area contributed by atoms with Crippen molar-refractivity contribution >= 4 is 16.8 Å². The number of fused-ring (bicyclic) bond motifs is 1. The molecule has 0 saturated carbocycles. The van der Waals surface area contributed by atoms with Gasteiger partial charge in [-0.2, -0.15) is 0 Å². The molecule has 0 spiro atoms. The van der Waals surface area contributed by atoms with Crippen LogP contribution in [0.15, 0.2) is 24.3 Å². The lowest BCUT2D eigenvalue weighted by Crippen LogP contribution is -2.48. The summed E-state index contributed by atoms with van der Waals surface area (Å²) in [5.74, 6) is 0.103. The van der Waals surface area contributed by atoms with Gasteiger partial charge in [0.2, 0.25) is 0 Å². The molecule has 1 saturated heterocycles. The first-order chi connectivity index (χ1) is 11.8. The van der Waals surface area contributed by atoms with Gasteiger partial charge in [-0.1, -0.05) is 11.6 Å². The fourth-order valence-electron chi connectivity index (χ4n) is 3.84. The number of carbonyl (C=O) groups is 1. The van der Waals surface area contributed by atoms with E-state index in [1.807, 2.05) is 36.9 Å². The van der Waals surface area contributed by atoms with E-state index in [0.717, 1.165) is 40.6 Å². The number of hydrogen-bond donors (Lipinski definition) is 0. The molecule has 3 rings (SSSR count). The first kappa shape index (κ1) is 17.9. The minimum Gasteiger partial charge on any atom is -0.375 e. The van der Waals surface area contributed by atoms with Crippen LogP contribution in [0.25, 0.3) is 10.9 Å². The molecule has 0 aliphatic carbocycles. The van der Waals surface area contributed by atoms with Crippen LogP contribution < -0.4 is 0 Å². The van der Waals surface area contributed by atoms with Crippen LogP contribution >= 0.6 is 0 Å². The Morgan fingerprint density at radius 2 is 2.08 bits per heavy atom. The molecule has 4 heteroatoms. The Labute approximate surface area is 150 Å². The van der Waals surface area contributed by atoms with Gasteiger partial charge in [-0.25, -0.2) is 0 Å². The molecule has 25 heavy (non-hydrogen) atoms. The highest BCUT2D eigenvalue weighted by atomic mass is 16.5. The number of pyridine rings is 1. The van der Waals surface area contributed by atoms with Crippen molar-refractivity contribution in [3.63, 3.8) is 0 Å². The predicted molar refractivity (Wildman–Crippen MR) is 101 cm³/mol. The van der Waals surface area contributed by atoms with Crippen molar-refractivity contribution in [1.29, 1.82) is 0 Å². The highest BCUT2D eigenvalue weighted by Crippen LogP contribution is 2.29. The monoisotopic (exact) mass is 340 g/mol. The number of benzene rings is 1. The fraction of sp³-hybridized carbons (Fsp3) is 0.524. The topological polar surface area (TPSA) is 42.4 Å². The van der Waals surface area contributed by atoms with Gasteiger partial charge in [-0.05, 0) is 65.7 Å². The summed E-state index contributed by atoms with van der Waals surface area (Å²) in [7, 11) is 0. The number of amides is 1. The van der Waals surface area contributed by atoms with Crippen molar-refractivity contribution < 1.29 is 9.53 Å². The van der Waals surface area contributed by atoms with Gasteiger partial charge in [0, 0.05) is 30.3 Å². The minimum atomic E-state index is -0.177. The van der Waals surface area contributed by atoms with Gasteiger partial charge in [0.25, 0.3) is 5.91 Å². The van der Waals surface area contributed by atoms with E-state index in [9.17, 15) is 4.79 Å². The number of hydrogen-bond acceptors (Lipinski definition) is 3. The largest absolute Gasteiger partial charge is 0.375 e. The van der Waals surface area contributed by atoms with Crippen LogP contribution in [0.4, 0.5) is 0 Å². The highest BCUT2D eigenvalue weighted by molar-refractivity contribution is 6.06. The van der Waals surface area contributed by atoms with Gasteiger partial charge in [0.1, 0.15) is 0 Å². The summed E-state index contributed by atoms with van der Waals surface area (Å²) >= 11 is 0. The van der Waals surface area contributed by atoms with Crippen LogP contribution in [0.1, 0.15) is 55.2 Å². The molecule has 0 bridgehead atoms. The third-order valence-electron chi connectivity index (χ3n) is 5.04. The summed E-state index contributed by atoms with van der Waals surface area (Å²) in [6.45, 7) is 11.7. The first-order valence-electron chi connectivity index (χ1n) is 9.13. The molecule has 1 fully saturated rings. The zero-order valence-corrected chi connectivity index (χ0v) is 15.9. The van der Waals surface area contributed by atoms with Crippen LogP contribution in [0.2, 0.25) is 0 Å². The summed E-state index contributed by atoms with van der Waals surface area (Å²) in [5.41, 5.74) is 3.49. The molecule has 2 heterocycles. The summed E-state index contributed by atoms with van der Waals surface area (Å²) in [5, 5.41) is 0.945. The van der Waals surface area contributed by atoms with Gasteiger partial charge >= 0.3 is 0 Å². The molecule has 1 amide bonds. The molecule has 134 valence electrons. The van der Waals surface area contributed by atoms with Crippen molar-refractivity contribution in [2.45, 2.75) is 59.1 Å². The quantitative estimate of drug-likeness (QED) is 0.838. The third kappa shape index (κ3) is 3.69. The second-order valence-electron chi connectivity index (χ2n) is 7.68. The molecule has 2 aromatic rings. The Morgan fingerprint density at radius 1 is 1.32 bits per heavy atom. The number of ether oxygens (including phenoxy) is 1. The molecule has 1 aromatic carbocycles. The van der Waals surface area contributed by atoms with E-state index in [1.165, 1.54) is 0 Å². The van der Waals surface area contributed by atoms with Gasteiger partial charge in [0.05, 0.1) is 16.7 Å². The lowest BCUT2D eigenvalue weighted by atomic mass is 9.92. The number of nitrogens with zero attached hydrogens (tertiary/aromatic N) is 2. The van der Waals surface area contributed by atoms with Crippen LogP contribution in [0, 0.1) is 13.8 Å². The SMILES string of the molecule is CCN(C(=O)c1cc(C)nc2ccc(C)cc12)C1CCOC(C)(C)C1. The fourth-order valence-corrected chi connectivity index (χ4v) is 3.84. The molecular weight excluding hydrogens is 312 g/mol. The van der Waals surface area contributed by atoms with E-state index in [-0.39, 0.29) is 17.6 Å². The van der Waals surface area contributed by atoms with Crippen molar-refractivity contribution in [1.82, 2.24) is 9.88 Å². The van der Waals surface area contributed by atoms with Crippen molar-refractivity contribution in [2.24, 2.45) is 0 Å². The summed E-state index contributed by atoms with van der Waals surface area (Å²) in [6.07, 6.45) is 1.76.